The molecule has 0 aliphatic heterocycles. The molecule has 1 saturated carbocycles. The molecule has 5 nitrogen and oxygen atoms in total. The monoisotopic (exact) mass is 400 g/mol. The second-order valence-electron chi connectivity index (χ2n) is 6.84. The van der Waals surface area contributed by atoms with Crippen LogP contribution in [0.3, 0.4) is 0 Å². The Hall–Kier alpha value is -2.60. The number of ketones is 1. The topological polar surface area (TPSA) is 69.7 Å². The third-order valence-electron chi connectivity index (χ3n) is 5.52. The van der Waals surface area contributed by atoms with Crippen LogP contribution in [0.15, 0.2) is 66.1 Å². The predicted molar refractivity (Wildman–Crippen MR) is 108 cm³/mol. The fourth-order valence-corrected chi connectivity index (χ4v) is 6.13. The van der Waals surface area contributed by atoms with Crippen LogP contribution in [0.25, 0.3) is 0 Å². The van der Waals surface area contributed by atoms with Gasteiger partial charge in [0.05, 0.1) is 29.8 Å². The quantitative estimate of drug-likeness (QED) is 0.632. The molecule has 0 bridgehead atoms. The van der Waals surface area contributed by atoms with E-state index in [0.717, 1.165) is 0 Å². The maximum Gasteiger partial charge on any atom is 0.182 e. The van der Waals surface area contributed by atoms with Crippen molar-refractivity contribution < 1.29 is 22.7 Å². The van der Waals surface area contributed by atoms with Gasteiger partial charge in [-0.1, -0.05) is 30.3 Å². The Kier molecular flexibility index (Phi) is 5.61. The zero-order valence-electron chi connectivity index (χ0n) is 16.1. The number of allylic oxidation sites excluding steroid dienone is 1. The summed E-state index contributed by atoms with van der Waals surface area (Å²) in [5.41, 5.74) is -0.490. The first-order valence-corrected chi connectivity index (χ1v) is 10.6. The molecule has 148 valence electrons. The Morgan fingerprint density at radius 2 is 1.79 bits per heavy atom. The van der Waals surface area contributed by atoms with Crippen LogP contribution in [0.5, 0.6) is 11.5 Å². The Morgan fingerprint density at radius 1 is 1.11 bits per heavy atom. The van der Waals surface area contributed by atoms with Crippen LogP contribution in [0.2, 0.25) is 0 Å². The lowest BCUT2D eigenvalue weighted by Gasteiger charge is -2.45. The maximum absolute atomic E-state index is 13.5. The molecule has 0 radical (unpaired) electrons. The van der Waals surface area contributed by atoms with Crippen molar-refractivity contribution in [3.05, 3.63) is 66.7 Å². The van der Waals surface area contributed by atoms with Crippen LogP contribution < -0.4 is 9.47 Å². The van der Waals surface area contributed by atoms with E-state index in [1.165, 1.54) is 14.2 Å². The Labute approximate surface area is 165 Å². The van der Waals surface area contributed by atoms with Crippen molar-refractivity contribution in [1.82, 2.24) is 0 Å². The molecular formula is C22H24O5S. The largest absolute Gasteiger partial charge is 0.493 e. The molecule has 1 fully saturated rings. The van der Waals surface area contributed by atoms with Crippen molar-refractivity contribution in [2.24, 2.45) is 0 Å². The number of Topliss-reactive ketones (excluding diaryl/α,β-unsaturated/α-hetero) is 1. The normalized spacial score (nSPS) is 20.1. The molecular weight excluding hydrogens is 376 g/mol. The summed E-state index contributed by atoms with van der Waals surface area (Å²) in [5.74, 6) is 0.916. The first-order chi connectivity index (χ1) is 13.4. The van der Waals surface area contributed by atoms with E-state index in [1.54, 1.807) is 54.6 Å². The lowest BCUT2D eigenvalue weighted by Crippen LogP contribution is -2.56. The summed E-state index contributed by atoms with van der Waals surface area (Å²) in [6.07, 6.45) is 2.56. The number of carbonyl (C=O) groups is 1. The number of benzene rings is 2. The van der Waals surface area contributed by atoms with E-state index in [1.807, 2.05) is 0 Å². The second-order valence-corrected chi connectivity index (χ2v) is 8.97. The molecule has 0 saturated heterocycles. The molecule has 3 rings (SSSR count). The van der Waals surface area contributed by atoms with E-state index in [2.05, 4.69) is 6.58 Å². The van der Waals surface area contributed by atoms with Gasteiger partial charge in [-0.15, -0.1) is 6.58 Å². The van der Waals surface area contributed by atoms with Gasteiger partial charge >= 0.3 is 0 Å². The molecule has 0 amide bonds. The highest BCUT2D eigenvalue weighted by Crippen LogP contribution is 2.50. The summed E-state index contributed by atoms with van der Waals surface area (Å²) in [4.78, 5) is 13.1. The van der Waals surface area contributed by atoms with Gasteiger partial charge in [0.2, 0.25) is 0 Å². The minimum atomic E-state index is -3.76. The highest BCUT2D eigenvalue weighted by molar-refractivity contribution is 7.92. The molecule has 0 aromatic heterocycles. The number of methoxy groups -OCH3 is 2. The van der Waals surface area contributed by atoms with Crippen molar-refractivity contribution >= 4 is 15.6 Å². The number of rotatable bonds is 8. The van der Waals surface area contributed by atoms with Gasteiger partial charge in [0.1, 0.15) is 5.78 Å². The molecule has 6 heteroatoms. The van der Waals surface area contributed by atoms with Gasteiger partial charge < -0.3 is 9.47 Å². The van der Waals surface area contributed by atoms with Gasteiger partial charge in [0.25, 0.3) is 0 Å². The number of sulfone groups is 1. The van der Waals surface area contributed by atoms with Gasteiger partial charge in [-0.05, 0) is 42.7 Å². The van der Waals surface area contributed by atoms with Gasteiger partial charge in [-0.3, -0.25) is 4.79 Å². The zero-order valence-corrected chi connectivity index (χ0v) is 16.9. The summed E-state index contributed by atoms with van der Waals surface area (Å²) >= 11 is 0. The number of hydrogen-bond acceptors (Lipinski definition) is 5. The lowest BCUT2D eigenvalue weighted by atomic mass is 9.60. The van der Waals surface area contributed by atoms with E-state index < -0.39 is 20.5 Å². The van der Waals surface area contributed by atoms with Crippen LogP contribution >= 0.6 is 0 Å². The summed E-state index contributed by atoms with van der Waals surface area (Å²) in [6, 6.07) is 13.4. The SMILES string of the molecule is C=CCC([C@@]1(c2ccc(OC)c(OC)c2)CCC1=O)S(=O)(=O)c1ccccc1. The molecule has 1 unspecified atom stereocenters. The van der Waals surface area contributed by atoms with Crippen molar-refractivity contribution in [2.75, 3.05) is 14.2 Å². The average Bonchev–Trinajstić information content (AvgIpc) is 2.72. The van der Waals surface area contributed by atoms with Crippen LogP contribution in [0, 0.1) is 0 Å². The van der Waals surface area contributed by atoms with Crippen LogP contribution in [0.1, 0.15) is 24.8 Å². The van der Waals surface area contributed by atoms with Crippen LogP contribution in [-0.4, -0.2) is 33.7 Å². The van der Waals surface area contributed by atoms with Gasteiger partial charge in [0.15, 0.2) is 21.3 Å². The van der Waals surface area contributed by atoms with Gasteiger partial charge in [-0.2, -0.15) is 0 Å². The first kappa shape index (κ1) is 20.1. The van der Waals surface area contributed by atoms with E-state index in [-0.39, 0.29) is 17.1 Å². The molecule has 0 heterocycles. The fraction of sp³-hybridized carbons (Fsp3) is 0.318. The third-order valence-corrected chi connectivity index (χ3v) is 7.79. The van der Waals surface area contributed by atoms with E-state index in [0.29, 0.717) is 29.9 Å². The molecule has 28 heavy (non-hydrogen) atoms. The fourth-order valence-electron chi connectivity index (χ4n) is 3.96. The minimum Gasteiger partial charge on any atom is -0.493 e. The minimum absolute atomic E-state index is 0.0777. The number of ether oxygens (including phenoxy) is 2. The molecule has 2 atom stereocenters. The third kappa shape index (κ3) is 3.11. The first-order valence-electron chi connectivity index (χ1n) is 9.07. The molecule has 1 aliphatic rings. The summed E-state index contributed by atoms with van der Waals surface area (Å²) < 4.78 is 37.7. The Morgan fingerprint density at radius 3 is 2.29 bits per heavy atom. The maximum atomic E-state index is 13.5. The van der Waals surface area contributed by atoms with Crippen molar-refractivity contribution in [3.8, 4) is 11.5 Å². The van der Waals surface area contributed by atoms with E-state index >= 15 is 0 Å². The Bertz CT molecular complexity index is 981. The molecule has 1 aliphatic carbocycles. The molecule has 0 spiro atoms. The molecule has 2 aromatic rings. The summed E-state index contributed by atoms with van der Waals surface area (Å²) in [6.45, 7) is 3.74. The number of hydrogen-bond donors (Lipinski definition) is 0. The van der Waals surface area contributed by atoms with E-state index in [9.17, 15) is 13.2 Å². The zero-order chi connectivity index (χ0) is 20.4. The highest BCUT2D eigenvalue weighted by atomic mass is 32.2. The smallest absolute Gasteiger partial charge is 0.182 e. The highest BCUT2D eigenvalue weighted by Gasteiger charge is 2.57. The predicted octanol–water partition coefficient (Wildman–Crippen LogP) is 3.72. The molecule has 2 aromatic carbocycles. The number of carbonyl (C=O) groups excluding carboxylic acids is 1. The average molecular weight is 400 g/mol. The van der Waals surface area contributed by atoms with Gasteiger partial charge in [0, 0.05) is 6.42 Å². The van der Waals surface area contributed by atoms with E-state index in [4.69, 9.17) is 9.47 Å². The van der Waals surface area contributed by atoms with Crippen molar-refractivity contribution in [3.63, 3.8) is 0 Å². The Balaban J connectivity index is 2.19. The summed E-state index contributed by atoms with van der Waals surface area (Å²) in [7, 11) is -0.720. The van der Waals surface area contributed by atoms with Gasteiger partial charge in [-0.25, -0.2) is 8.42 Å². The van der Waals surface area contributed by atoms with Crippen LogP contribution in [-0.2, 0) is 20.0 Å². The summed E-state index contributed by atoms with van der Waals surface area (Å²) in [5, 5.41) is -0.931. The second kappa shape index (κ2) is 7.80. The van der Waals surface area contributed by atoms with Crippen LogP contribution in [0.4, 0.5) is 0 Å². The van der Waals surface area contributed by atoms with Crippen molar-refractivity contribution in [2.45, 2.75) is 34.8 Å². The van der Waals surface area contributed by atoms with Crippen molar-refractivity contribution in [1.29, 1.82) is 0 Å². The lowest BCUT2D eigenvalue weighted by molar-refractivity contribution is -0.132. The molecule has 0 N–H and O–H groups in total. The standard InChI is InChI=1S/C22H24O5S/c1-4-8-21(28(24,25)17-9-6-5-7-10-17)22(14-13-20(22)23)16-11-12-18(26-2)19(15-16)27-3/h4-7,9-12,15,21H,1,8,13-14H2,2-3H3/t21?,22-/m1/s1.